The number of ether oxygens (including phenoxy) is 1. The Labute approximate surface area is 144 Å². The van der Waals surface area contributed by atoms with Crippen molar-refractivity contribution in [3.8, 4) is 17.2 Å². The fourth-order valence-corrected chi connectivity index (χ4v) is 2.75. The Balaban J connectivity index is 1.72. The predicted octanol–water partition coefficient (Wildman–Crippen LogP) is 4.90. The molecule has 0 fully saturated rings. The molecule has 0 unspecified atom stereocenters. The minimum atomic E-state index is -0.165. The molecule has 1 aromatic heterocycles. The summed E-state index contributed by atoms with van der Waals surface area (Å²) in [4.78, 5) is 16.0. The number of H-pyrrole nitrogens is 1. The fourth-order valence-electron chi connectivity index (χ4n) is 2.75. The molecule has 122 valence electrons. The average molecular weight is 329 g/mol. The van der Waals surface area contributed by atoms with Crippen molar-refractivity contribution in [2.75, 3.05) is 0 Å². The number of aromatic amines is 1. The maximum absolute atomic E-state index is 12.9. The van der Waals surface area contributed by atoms with E-state index in [4.69, 9.17) is 4.74 Å². The van der Waals surface area contributed by atoms with Gasteiger partial charge in [-0.15, -0.1) is 0 Å². The van der Waals surface area contributed by atoms with Gasteiger partial charge in [0.2, 0.25) is 5.78 Å². The molecule has 0 aliphatic rings. The Morgan fingerprint density at radius 2 is 1.64 bits per heavy atom. The smallest absolute Gasteiger partial charge is 0.212 e. The van der Waals surface area contributed by atoms with Gasteiger partial charge in [0.1, 0.15) is 17.2 Å². The molecule has 0 radical (unpaired) electrons. The molecule has 0 aliphatic carbocycles. The van der Waals surface area contributed by atoms with Crippen molar-refractivity contribution in [3.63, 3.8) is 0 Å². The van der Waals surface area contributed by atoms with Crippen LogP contribution in [0.15, 0.2) is 78.9 Å². The van der Waals surface area contributed by atoms with Gasteiger partial charge in [0.15, 0.2) is 0 Å². The van der Waals surface area contributed by atoms with Crippen LogP contribution in [0.3, 0.4) is 0 Å². The fraction of sp³-hybridized carbons (Fsp3) is 0. The molecule has 25 heavy (non-hydrogen) atoms. The Morgan fingerprint density at radius 1 is 0.880 bits per heavy atom. The number of carbonyl (C=O) groups is 1. The van der Waals surface area contributed by atoms with Crippen LogP contribution in [-0.4, -0.2) is 15.9 Å². The van der Waals surface area contributed by atoms with Crippen LogP contribution in [0.5, 0.6) is 17.2 Å². The third-order valence-corrected chi connectivity index (χ3v) is 3.95. The number of carbonyl (C=O) groups excluding carboxylic acids is 1. The number of hydrogen-bond donors (Lipinski definition) is 2. The molecule has 4 rings (SSSR count). The minimum absolute atomic E-state index is 0.165. The van der Waals surface area contributed by atoms with Gasteiger partial charge < -0.3 is 14.8 Å². The van der Waals surface area contributed by atoms with Crippen LogP contribution in [0, 0.1) is 0 Å². The summed E-state index contributed by atoms with van der Waals surface area (Å²) in [6.07, 6.45) is 0. The monoisotopic (exact) mass is 329 g/mol. The lowest BCUT2D eigenvalue weighted by atomic mass is 10.1. The molecule has 2 N–H and O–H groups in total. The zero-order valence-electron chi connectivity index (χ0n) is 13.3. The highest BCUT2D eigenvalue weighted by Gasteiger charge is 2.17. The van der Waals surface area contributed by atoms with Crippen molar-refractivity contribution in [2.45, 2.75) is 0 Å². The Hall–Kier alpha value is -3.53. The highest BCUT2D eigenvalue weighted by molar-refractivity contribution is 6.11. The van der Waals surface area contributed by atoms with E-state index in [2.05, 4.69) is 4.98 Å². The SMILES string of the molecule is O=C(c1cc2cc(O)ccc2[nH]1)c1ccccc1Oc1ccccc1. The summed E-state index contributed by atoms with van der Waals surface area (Å²) >= 11 is 0. The maximum Gasteiger partial charge on any atom is 0.212 e. The summed E-state index contributed by atoms with van der Waals surface area (Å²) in [5, 5.41) is 10.4. The molecule has 0 amide bonds. The largest absolute Gasteiger partial charge is 0.508 e. The summed E-state index contributed by atoms with van der Waals surface area (Å²) in [6.45, 7) is 0. The first-order valence-electron chi connectivity index (χ1n) is 7.89. The summed E-state index contributed by atoms with van der Waals surface area (Å²) in [7, 11) is 0. The van der Waals surface area contributed by atoms with Gasteiger partial charge in [-0.1, -0.05) is 30.3 Å². The first kappa shape index (κ1) is 15.0. The van der Waals surface area contributed by atoms with Gasteiger partial charge in [-0.05, 0) is 48.5 Å². The molecule has 3 aromatic carbocycles. The summed E-state index contributed by atoms with van der Waals surface area (Å²) in [5.74, 6) is 1.17. The number of hydrogen-bond acceptors (Lipinski definition) is 3. The molecule has 0 spiro atoms. The predicted molar refractivity (Wildman–Crippen MR) is 96.4 cm³/mol. The van der Waals surface area contributed by atoms with Crippen LogP contribution in [-0.2, 0) is 0 Å². The number of para-hydroxylation sites is 2. The zero-order valence-corrected chi connectivity index (χ0v) is 13.3. The number of aromatic hydroxyl groups is 1. The molecule has 0 aliphatic heterocycles. The van der Waals surface area contributed by atoms with Crippen molar-refractivity contribution in [1.82, 2.24) is 4.98 Å². The first-order valence-corrected chi connectivity index (χ1v) is 7.89. The molecule has 0 bridgehead atoms. The van der Waals surface area contributed by atoms with Crippen molar-refractivity contribution in [2.24, 2.45) is 0 Å². The summed E-state index contributed by atoms with van der Waals surface area (Å²) < 4.78 is 5.87. The van der Waals surface area contributed by atoms with Crippen molar-refractivity contribution < 1.29 is 14.6 Å². The van der Waals surface area contributed by atoms with Gasteiger partial charge in [-0.25, -0.2) is 0 Å². The quantitative estimate of drug-likeness (QED) is 0.524. The second-order valence-corrected chi connectivity index (χ2v) is 5.69. The van der Waals surface area contributed by atoms with E-state index in [1.807, 2.05) is 36.4 Å². The molecule has 1 heterocycles. The van der Waals surface area contributed by atoms with E-state index in [0.717, 1.165) is 10.9 Å². The van der Waals surface area contributed by atoms with Gasteiger partial charge >= 0.3 is 0 Å². The van der Waals surface area contributed by atoms with Crippen LogP contribution in [0.1, 0.15) is 16.1 Å². The number of benzene rings is 3. The number of ketones is 1. The van der Waals surface area contributed by atoms with E-state index in [0.29, 0.717) is 22.8 Å². The number of phenols is 1. The zero-order chi connectivity index (χ0) is 17.2. The summed E-state index contributed by atoms with van der Waals surface area (Å²) in [5.41, 5.74) is 1.72. The third kappa shape index (κ3) is 2.97. The number of nitrogens with one attached hydrogen (secondary N) is 1. The molecular formula is C21H15NO3. The van der Waals surface area contributed by atoms with E-state index in [1.165, 1.54) is 0 Å². The van der Waals surface area contributed by atoms with Crippen LogP contribution in [0.4, 0.5) is 0 Å². The Kier molecular flexibility index (Phi) is 3.71. The minimum Gasteiger partial charge on any atom is -0.508 e. The standard InChI is InChI=1S/C21H15NO3/c23-15-10-11-18-14(12-15)13-19(22-18)21(24)17-8-4-5-9-20(17)25-16-6-2-1-3-7-16/h1-13,22-23H. The lowest BCUT2D eigenvalue weighted by Gasteiger charge is -2.09. The van der Waals surface area contributed by atoms with Gasteiger partial charge in [-0.3, -0.25) is 4.79 Å². The average Bonchev–Trinajstić information content (AvgIpc) is 3.05. The first-order chi connectivity index (χ1) is 12.2. The highest BCUT2D eigenvalue weighted by atomic mass is 16.5. The molecule has 0 atom stereocenters. The van der Waals surface area contributed by atoms with Crippen molar-refractivity contribution in [3.05, 3.63) is 90.1 Å². The normalized spacial score (nSPS) is 10.7. The second-order valence-electron chi connectivity index (χ2n) is 5.69. The van der Waals surface area contributed by atoms with Gasteiger partial charge in [-0.2, -0.15) is 0 Å². The molecule has 4 nitrogen and oxygen atoms in total. The molecule has 4 heteroatoms. The highest BCUT2D eigenvalue weighted by Crippen LogP contribution is 2.28. The molecule has 4 aromatic rings. The van der Waals surface area contributed by atoms with Crippen molar-refractivity contribution in [1.29, 1.82) is 0 Å². The lowest BCUT2D eigenvalue weighted by molar-refractivity contribution is 0.103. The number of phenolic OH excluding ortho intramolecular Hbond substituents is 1. The second kappa shape index (κ2) is 6.17. The van der Waals surface area contributed by atoms with Crippen LogP contribution < -0.4 is 4.74 Å². The topological polar surface area (TPSA) is 62.3 Å². The van der Waals surface area contributed by atoms with Crippen molar-refractivity contribution >= 4 is 16.7 Å². The van der Waals surface area contributed by atoms with E-state index >= 15 is 0 Å². The Bertz CT molecular complexity index is 1050. The number of fused-ring (bicyclic) bond motifs is 1. The van der Waals surface area contributed by atoms with Gasteiger partial charge in [0.05, 0.1) is 11.3 Å². The molecular weight excluding hydrogens is 314 g/mol. The van der Waals surface area contributed by atoms with Crippen LogP contribution in [0.25, 0.3) is 10.9 Å². The number of aromatic nitrogens is 1. The Morgan fingerprint density at radius 3 is 2.48 bits per heavy atom. The van der Waals surface area contributed by atoms with Gasteiger partial charge in [0, 0.05) is 10.9 Å². The van der Waals surface area contributed by atoms with E-state index in [1.54, 1.807) is 42.5 Å². The van der Waals surface area contributed by atoms with E-state index < -0.39 is 0 Å². The molecule has 0 saturated carbocycles. The lowest BCUT2D eigenvalue weighted by Crippen LogP contribution is -2.03. The van der Waals surface area contributed by atoms with Crippen LogP contribution in [0.2, 0.25) is 0 Å². The third-order valence-electron chi connectivity index (χ3n) is 3.95. The maximum atomic E-state index is 12.9. The van der Waals surface area contributed by atoms with Gasteiger partial charge in [0.25, 0.3) is 0 Å². The van der Waals surface area contributed by atoms with E-state index in [-0.39, 0.29) is 11.5 Å². The molecule has 0 saturated heterocycles. The van der Waals surface area contributed by atoms with E-state index in [9.17, 15) is 9.90 Å². The number of rotatable bonds is 4. The summed E-state index contributed by atoms with van der Waals surface area (Å²) in [6, 6.07) is 23.2. The van der Waals surface area contributed by atoms with Crippen LogP contribution >= 0.6 is 0 Å².